The van der Waals surface area contributed by atoms with Crippen LogP contribution in [0, 0.1) is 5.92 Å². The molecule has 2 atom stereocenters. The Kier molecular flexibility index (Phi) is 5.42. The molecule has 5 heteroatoms. The molecule has 0 spiro atoms. The number of aliphatic imine (C=N–C) groups is 1. The van der Waals surface area contributed by atoms with Gasteiger partial charge in [-0.2, -0.15) is 0 Å². The van der Waals surface area contributed by atoms with Crippen molar-refractivity contribution in [3.05, 3.63) is 0 Å². The average molecular weight is 314 g/mol. The SMILES string of the molecule is CC[C@H](C)C(NSI)C1=NCCO1. The predicted molar refractivity (Wildman–Crippen MR) is 66.2 cm³/mol. The Morgan fingerprint density at radius 1 is 1.77 bits per heavy atom. The lowest BCUT2D eigenvalue weighted by atomic mass is 10.0. The Morgan fingerprint density at radius 3 is 3.00 bits per heavy atom. The van der Waals surface area contributed by atoms with Crippen LogP contribution in [0.4, 0.5) is 0 Å². The van der Waals surface area contributed by atoms with E-state index in [1.165, 1.54) is 0 Å². The second-order valence-corrected chi connectivity index (χ2v) is 4.84. The molecule has 0 aromatic rings. The summed E-state index contributed by atoms with van der Waals surface area (Å²) in [6.45, 7) is 5.97. The van der Waals surface area contributed by atoms with Gasteiger partial charge in [0.05, 0.1) is 12.6 Å². The molecule has 0 aromatic heterocycles. The quantitative estimate of drug-likeness (QED) is 0.625. The third-order valence-electron chi connectivity index (χ3n) is 2.26. The van der Waals surface area contributed by atoms with Gasteiger partial charge in [0.1, 0.15) is 6.61 Å². The Labute approximate surface area is 95.8 Å². The molecule has 1 aliphatic heterocycles. The highest BCUT2D eigenvalue weighted by molar-refractivity contribution is 14.2. The summed E-state index contributed by atoms with van der Waals surface area (Å²) in [6, 6.07) is 0.273. The molecule has 0 fully saturated rings. The molecule has 76 valence electrons. The fourth-order valence-corrected chi connectivity index (χ4v) is 2.48. The lowest BCUT2D eigenvalue weighted by Crippen LogP contribution is -2.37. The highest BCUT2D eigenvalue weighted by atomic mass is 127. The minimum absolute atomic E-state index is 0.273. The summed E-state index contributed by atoms with van der Waals surface area (Å²) < 4.78 is 8.78. The molecule has 13 heavy (non-hydrogen) atoms. The Bertz CT molecular complexity index is 189. The summed E-state index contributed by atoms with van der Waals surface area (Å²) in [5, 5.41) is 0. The summed E-state index contributed by atoms with van der Waals surface area (Å²) in [7, 11) is 1.60. The van der Waals surface area contributed by atoms with Crippen molar-refractivity contribution in [2.45, 2.75) is 26.3 Å². The van der Waals surface area contributed by atoms with Crippen LogP contribution in [0.15, 0.2) is 4.99 Å². The number of rotatable bonds is 5. The summed E-state index contributed by atoms with van der Waals surface area (Å²) in [5.74, 6) is 1.46. The molecule has 1 N–H and O–H groups in total. The molecule has 1 rings (SSSR count). The van der Waals surface area contributed by atoms with Gasteiger partial charge in [-0.1, -0.05) is 20.3 Å². The Hall–Kier alpha value is 0.510. The molecule has 3 nitrogen and oxygen atoms in total. The van der Waals surface area contributed by atoms with Crippen LogP contribution in [0.3, 0.4) is 0 Å². The van der Waals surface area contributed by atoms with Gasteiger partial charge in [-0.15, -0.1) is 0 Å². The van der Waals surface area contributed by atoms with Crippen LogP contribution < -0.4 is 4.72 Å². The van der Waals surface area contributed by atoms with Crippen LogP contribution in [0.2, 0.25) is 0 Å². The van der Waals surface area contributed by atoms with Crippen molar-refractivity contribution in [2.75, 3.05) is 13.2 Å². The number of hydrogen-bond acceptors (Lipinski definition) is 4. The predicted octanol–water partition coefficient (Wildman–Crippen LogP) is 2.42. The second kappa shape index (κ2) is 6.08. The van der Waals surface area contributed by atoms with E-state index in [1.54, 1.807) is 9.12 Å². The topological polar surface area (TPSA) is 33.6 Å². The van der Waals surface area contributed by atoms with Gasteiger partial charge in [0.2, 0.25) is 5.90 Å². The molecule has 1 heterocycles. The van der Waals surface area contributed by atoms with Crippen LogP contribution in [-0.2, 0) is 4.74 Å². The van der Waals surface area contributed by atoms with Gasteiger partial charge < -0.3 is 4.74 Å². The highest BCUT2D eigenvalue weighted by Gasteiger charge is 2.25. The molecule has 1 unspecified atom stereocenters. The average Bonchev–Trinajstić information content (AvgIpc) is 2.65. The summed E-state index contributed by atoms with van der Waals surface area (Å²) in [5.41, 5.74) is 0. The molecule has 0 saturated heterocycles. The van der Waals surface area contributed by atoms with Gasteiger partial charge in [-0.3, -0.25) is 4.99 Å². The van der Waals surface area contributed by atoms with E-state index in [0.29, 0.717) is 5.92 Å². The normalized spacial score (nSPS) is 20.7. The first-order chi connectivity index (χ1) is 6.29. The summed E-state index contributed by atoms with van der Waals surface area (Å²) >= 11 is 2.23. The molecule has 0 bridgehead atoms. The standard InChI is InChI=1S/C8H15IN2OS/c1-3-6(2)7(11-13-9)8-10-4-5-12-8/h6-7,11H,3-5H2,1-2H3/t6-,7?/m0/s1. The molecule has 0 amide bonds. The maximum absolute atomic E-state index is 5.46. The largest absolute Gasteiger partial charge is 0.478 e. The zero-order valence-corrected chi connectivity index (χ0v) is 10.9. The third kappa shape index (κ3) is 3.28. The van der Waals surface area contributed by atoms with E-state index >= 15 is 0 Å². The molecule has 0 radical (unpaired) electrons. The molecular weight excluding hydrogens is 299 g/mol. The van der Waals surface area contributed by atoms with Crippen molar-refractivity contribution >= 4 is 36.2 Å². The maximum Gasteiger partial charge on any atom is 0.202 e. The van der Waals surface area contributed by atoms with E-state index in [-0.39, 0.29) is 6.04 Å². The minimum atomic E-state index is 0.273. The number of hydrogen-bond donors (Lipinski definition) is 1. The van der Waals surface area contributed by atoms with Gasteiger partial charge >= 0.3 is 0 Å². The second-order valence-electron chi connectivity index (χ2n) is 3.13. The van der Waals surface area contributed by atoms with E-state index < -0.39 is 0 Å². The highest BCUT2D eigenvalue weighted by Crippen LogP contribution is 2.17. The first kappa shape index (κ1) is 11.6. The van der Waals surface area contributed by atoms with Gasteiger partial charge in [0.25, 0.3) is 0 Å². The van der Waals surface area contributed by atoms with Crippen LogP contribution >= 0.6 is 30.3 Å². The first-order valence-corrected chi connectivity index (χ1v) is 7.85. The van der Waals surface area contributed by atoms with Crippen molar-refractivity contribution in [3.63, 3.8) is 0 Å². The minimum Gasteiger partial charge on any atom is -0.478 e. The van der Waals surface area contributed by atoms with Gasteiger partial charge in [0, 0.05) is 21.2 Å². The number of ether oxygens (including phenoxy) is 1. The van der Waals surface area contributed by atoms with Crippen molar-refractivity contribution in [3.8, 4) is 0 Å². The Balaban J connectivity index is 2.55. The maximum atomic E-state index is 5.46. The number of halogens is 1. The fourth-order valence-electron chi connectivity index (χ4n) is 1.23. The van der Waals surface area contributed by atoms with Crippen LogP contribution in [0.1, 0.15) is 20.3 Å². The van der Waals surface area contributed by atoms with Crippen molar-refractivity contribution < 1.29 is 4.74 Å². The lowest BCUT2D eigenvalue weighted by Gasteiger charge is -2.21. The molecule has 0 aromatic carbocycles. The molecule has 1 aliphatic rings. The monoisotopic (exact) mass is 314 g/mol. The summed E-state index contributed by atoms with van der Waals surface area (Å²) in [4.78, 5) is 4.34. The van der Waals surface area contributed by atoms with E-state index in [0.717, 1.165) is 25.5 Å². The molecular formula is C8H15IN2OS. The van der Waals surface area contributed by atoms with Crippen molar-refractivity contribution in [1.29, 1.82) is 0 Å². The lowest BCUT2D eigenvalue weighted by molar-refractivity contribution is 0.315. The number of nitrogens with zero attached hydrogens (tertiary/aromatic N) is 1. The summed E-state index contributed by atoms with van der Waals surface area (Å²) in [6.07, 6.45) is 1.14. The smallest absolute Gasteiger partial charge is 0.202 e. The fraction of sp³-hybridized carbons (Fsp3) is 0.875. The zero-order valence-electron chi connectivity index (χ0n) is 7.92. The third-order valence-corrected chi connectivity index (χ3v) is 3.37. The van der Waals surface area contributed by atoms with E-state index in [9.17, 15) is 0 Å². The zero-order chi connectivity index (χ0) is 9.68. The van der Waals surface area contributed by atoms with Gasteiger partial charge in [-0.05, 0) is 15.0 Å². The molecule has 0 aliphatic carbocycles. The van der Waals surface area contributed by atoms with Gasteiger partial charge in [-0.25, -0.2) is 4.72 Å². The van der Waals surface area contributed by atoms with E-state index in [2.05, 4.69) is 44.8 Å². The van der Waals surface area contributed by atoms with Crippen molar-refractivity contribution in [1.82, 2.24) is 4.72 Å². The first-order valence-electron chi connectivity index (χ1n) is 4.49. The Morgan fingerprint density at radius 2 is 2.54 bits per heavy atom. The number of nitrogens with one attached hydrogen (secondary N) is 1. The van der Waals surface area contributed by atoms with E-state index in [1.807, 2.05) is 0 Å². The van der Waals surface area contributed by atoms with Crippen LogP contribution in [0.5, 0.6) is 0 Å². The van der Waals surface area contributed by atoms with Gasteiger partial charge in [0.15, 0.2) is 0 Å². The molecule has 0 saturated carbocycles. The van der Waals surface area contributed by atoms with E-state index in [4.69, 9.17) is 4.74 Å². The van der Waals surface area contributed by atoms with Crippen LogP contribution in [-0.4, -0.2) is 25.1 Å². The van der Waals surface area contributed by atoms with Crippen LogP contribution in [0.25, 0.3) is 0 Å². The van der Waals surface area contributed by atoms with Crippen molar-refractivity contribution in [2.24, 2.45) is 10.9 Å².